The van der Waals surface area contributed by atoms with Crippen LogP contribution in [0.5, 0.6) is 5.75 Å². The molecular weight excluding hydrogens is 429 g/mol. The Labute approximate surface area is 185 Å². The summed E-state index contributed by atoms with van der Waals surface area (Å²) in [7, 11) is -4.47. The van der Waals surface area contributed by atoms with Crippen LogP contribution in [-0.2, 0) is 15.6 Å². The highest BCUT2D eigenvalue weighted by molar-refractivity contribution is 7.47. The van der Waals surface area contributed by atoms with Gasteiger partial charge in [0.25, 0.3) is 0 Å². The van der Waals surface area contributed by atoms with E-state index in [0.29, 0.717) is 12.1 Å². The first kappa shape index (κ1) is 20.9. The highest BCUT2D eigenvalue weighted by Gasteiger charge is 2.40. The summed E-state index contributed by atoms with van der Waals surface area (Å²) < 4.78 is 24.5. The molecule has 1 N–H and O–H groups in total. The van der Waals surface area contributed by atoms with Gasteiger partial charge in [-0.05, 0) is 31.0 Å². The summed E-state index contributed by atoms with van der Waals surface area (Å²) in [4.78, 5) is 37.1. The van der Waals surface area contributed by atoms with Gasteiger partial charge in [0.15, 0.2) is 11.6 Å². The van der Waals surface area contributed by atoms with Crippen molar-refractivity contribution in [3.05, 3.63) is 87.7 Å². The predicted octanol–water partition coefficient (Wildman–Crippen LogP) is 4.68. The standard InChI is InChI=1S/C24H22NO6P/c1-13(2)30-32(28,29)31-19-10-6-9-17-20(19)24(27)18-12-25-11-15-7-4-5-8-16(15)14(3)22(25)21(18)23(17)26/h4-10,12-14H,11H2,1-3H3,(H,28,29). The average molecular weight is 451 g/mol. The zero-order valence-corrected chi connectivity index (χ0v) is 18.8. The number of benzene rings is 2. The number of carbonyl (C=O) groups is 2. The molecule has 1 aromatic heterocycles. The maximum Gasteiger partial charge on any atom is 0.527 e. The van der Waals surface area contributed by atoms with Crippen LogP contribution >= 0.6 is 7.82 Å². The van der Waals surface area contributed by atoms with Gasteiger partial charge in [0, 0.05) is 29.9 Å². The topological polar surface area (TPSA) is 94.8 Å². The van der Waals surface area contributed by atoms with Crippen molar-refractivity contribution in [2.24, 2.45) is 0 Å². The van der Waals surface area contributed by atoms with Crippen molar-refractivity contribution in [2.45, 2.75) is 39.3 Å². The molecule has 164 valence electrons. The van der Waals surface area contributed by atoms with Gasteiger partial charge in [-0.25, -0.2) is 4.57 Å². The van der Waals surface area contributed by atoms with Crippen molar-refractivity contribution in [2.75, 3.05) is 0 Å². The van der Waals surface area contributed by atoms with Gasteiger partial charge in [0.05, 0.1) is 22.8 Å². The molecule has 0 amide bonds. The summed E-state index contributed by atoms with van der Waals surface area (Å²) >= 11 is 0. The first-order chi connectivity index (χ1) is 15.2. The van der Waals surface area contributed by atoms with E-state index in [9.17, 15) is 19.0 Å². The van der Waals surface area contributed by atoms with Crippen LogP contribution < -0.4 is 4.52 Å². The normalized spacial score (nSPS) is 18.5. The Morgan fingerprint density at radius 1 is 1.03 bits per heavy atom. The second-order valence-corrected chi connectivity index (χ2v) is 9.73. The molecule has 0 radical (unpaired) electrons. The van der Waals surface area contributed by atoms with Gasteiger partial charge in [0.1, 0.15) is 5.75 Å². The number of ketones is 2. The number of rotatable bonds is 4. The van der Waals surface area contributed by atoms with Gasteiger partial charge in [0.2, 0.25) is 0 Å². The van der Waals surface area contributed by atoms with Crippen LogP contribution in [0.4, 0.5) is 0 Å². The number of hydrogen-bond donors (Lipinski definition) is 1. The first-order valence-electron chi connectivity index (χ1n) is 10.4. The van der Waals surface area contributed by atoms with Crippen molar-refractivity contribution in [3.63, 3.8) is 0 Å². The molecule has 2 aromatic carbocycles. The SMILES string of the molecule is CC(C)OP(=O)(O)Oc1cccc2c1C(=O)c1cn3c(c1C2=O)C(C)c1ccccc1C3. The molecule has 2 unspecified atom stereocenters. The molecule has 0 bridgehead atoms. The Morgan fingerprint density at radius 2 is 1.75 bits per heavy atom. The smallest absolute Gasteiger partial charge is 0.403 e. The van der Waals surface area contributed by atoms with Crippen molar-refractivity contribution in [3.8, 4) is 5.75 Å². The molecule has 0 saturated heterocycles. The lowest BCUT2D eigenvalue weighted by Gasteiger charge is -2.27. The minimum absolute atomic E-state index is 0.0141. The summed E-state index contributed by atoms with van der Waals surface area (Å²) in [5.41, 5.74) is 3.91. The fraction of sp³-hybridized carbons (Fsp3) is 0.250. The minimum Gasteiger partial charge on any atom is -0.403 e. The highest BCUT2D eigenvalue weighted by atomic mass is 31.2. The third kappa shape index (κ3) is 3.16. The fourth-order valence-electron chi connectivity index (χ4n) is 4.72. The number of fused-ring (bicyclic) bond motifs is 5. The lowest BCUT2D eigenvalue weighted by molar-refractivity contribution is 0.0976. The lowest BCUT2D eigenvalue weighted by Crippen LogP contribution is -2.23. The van der Waals surface area contributed by atoms with Crippen LogP contribution in [0.3, 0.4) is 0 Å². The maximum atomic E-state index is 13.6. The Hall–Kier alpha value is -2.99. The summed E-state index contributed by atoms with van der Waals surface area (Å²) in [6.45, 7) is 5.79. The fourth-order valence-corrected chi connectivity index (χ4v) is 5.70. The van der Waals surface area contributed by atoms with Crippen molar-refractivity contribution < 1.29 is 28.1 Å². The third-order valence-corrected chi connectivity index (χ3v) is 7.04. The van der Waals surface area contributed by atoms with Crippen LogP contribution in [0.1, 0.15) is 75.4 Å². The molecule has 32 heavy (non-hydrogen) atoms. The van der Waals surface area contributed by atoms with Gasteiger partial charge in [-0.15, -0.1) is 0 Å². The van der Waals surface area contributed by atoms with Crippen LogP contribution in [0, 0.1) is 0 Å². The van der Waals surface area contributed by atoms with Gasteiger partial charge in [-0.2, -0.15) is 0 Å². The molecular formula is C24H22NO6P. The van der Waals surface area contributed by atoms with Crippen LogP contribution in [0.25, 0.3) is 0 Å². The zero-order chi connectivity index (χ0) is 22.8. The van der Waals surface area contributed by atoms with E-state index in [0.717, 1.165) is 16.8 Å². The monoisotopic (exact) mass is 451 g/mol. The lowest BCUT2D eigenvalue weighted by atomic mass is 9.81. The predicted molar refractivity (Wildman–Crippen MR) is 117 cm³/mol. The summed E-state index contributed by atoms with van der Waals surface area (Å²) in [6, 6.07) is 12.5. The van der Waals surface area contributed by atoms with E-state index < -0.39 is 19.7 Å². The molecule has 0 saturated carbocycles. The Kier molecular flexibility index (Phi) is 4.75. The summed E-state index contributed by atoms with van der Waals surface area (Å²) in [5, 5.41) is 0. The molecule has 2 aliphatic rings. The van der Waals surface area contributed by atoms with Crippen LogP contribution in [-0.4, -0.2) is 27.1 Å². The van der Waals surface area contributed by atoms with Crippen molar-refractivity contribution in [1.82, 2.24) is 4.57 Å². The van der Waals surface area contributed by atoms with E-state index >= 15 is 0 Å². The molecule has 5 rings (SSSR count). The molecule has 0 spiro atoms. The number of carbonyl (C=O) groups excluding carboxylic acids is 2. The first-order valence-corrected chi connectivity index (χ1v) is 11.9. The van der Waals surface area contributed by atoms with Gasteiger partial charge in [-0.3, -0.25) is 19.0 Å². The highest BCUT2D eigenvalue weighted by Crippen LogP contribution is 2.48. The molecule has 7 nitrogen and oxygen atoms in total. The number of phosphoric ester groups is 1. The number of nitrogens with zero attached hydrogens (tertiary/aromatic N) is 1. The van der Waals surface area contributed by atoms with E-state index in [2.05, 4.69) is 0 Å². The zero-order valence-electron chi connectivity index (χ0n) is 17.9. The molecule has 2 atom stereocenters. The molecule has 1 aliphatic carbocycles. The van der Waals surface area contributed by atoms with E-state index in [-0.39, 0.29) is 34.1 Å². The number of phosphoric acid groups is 1. The second-order valence-electron chi connectivity index (χ2n) is 8.40. The van der Waals surface area contributed by atoms with Gasteiger partial charge >= 0.3 is 7.82 Å². The van der Waals surface area contributed by atoms with Crippen LogP contribution in [0.15, 0.2) is 48.7 Å². The minimum atomic E-state index is -4.47. The Balaban J connectivity index is 1.62. The van der Waals surface area contributed by atoms with Crippen LogP contribution in [0.2, 0.25) is 0 Å². The summed E-state index contributed by atoms with van der Waals surface area (Å²) in [6.07, 6.45) is 1.15. The van der Waals surface area contributed by atoms with E-state index in [1.807, 2.05) is 35.8 Å². The number of hydrogen-bond acceptors (Lipinski definition) is 5. The average Bonchev–Trinajstić information content (AvgIpc) is 3.11. The quantitative estimate of drug-likeness (QED) is 0.453. The van der Waals surface area contributed by atoms with Gasteiger partial charge < -0.3 is 9.09 Å². The summed E-state index contributed by atoms with van der Waals surface area (Å²) in [5.74, 6) is -0.900. The second kappa shape index (κ2) is 7.27. The molecule has 0 fully saturated rings. The molecule has 3 aromatic rings. The molecule has 8 heteroatoms. The van der Waals surface area contributed by atoms with E-state index in [1.165, 1.54) is 12.1 Å². The van der Waals surface area contributed by atoms with Crippen molar-refractivity contribution >= 4 is 19.4 Å². The Bertz CT molecular complexity index is 1340. The van der Waals surface area contributed by atoms with Crippen molar-refractivity contribution in [1.29, 1.82) is 0 Å². The maximum absolute atomic E-state index is 13.6. The van der Waals surface area contributed by atoms with Gasteiger partial charge in [-0.1, -0.05) is 43.3 Å². The largest absolute Gasteiger partial charge is 0.527 e. The molecule has 1 aliphatic heterocycles. The third-order valence-electron chi connectivity index (χ3n) is 5.92. The number of aromatic nitrogens is 1. The Morgan fingerprint density at radius 3 is 2.50 bits per heavy atom. The van der Waals surface area contributed by atoms with E-state index in [1.54, 1.807) is 26.1 Å². The molecule has 2 heterocycles. The van der Waals surface area contributed by atoms with E-state index in [4.69, 9.17) is 9.05 Å².